The number of amides is 1. The smallest absolute Gasteiger partial charge is 0.221 e. The van der Waals surface area contributed by atoms with Crippen molar-refractivity contribution in [3.05, 3.63) is 11.3 Å². The Morgan fingerprint density at radius 2 is 2.17 bits per heavy atom. The van der Waals surface area contributed by atoms with Gasteiger partial charge < -0.3 is 10.6 Å². The van der Waals surface area contributed by atoms with Crippen LogP contribution in [0.15, 0.2) is 0 Å². The molecular weight excluding hydrogens is 250 g/mol. The SMILES string of the molecule is CC(=O)c1c(C)nsc1NCCC(=O)NC1CC1. The van der Waals surface area contributed by atoms with Crippen molar-refractivity contribution in [1.82, 2.24) is 9.69 Å². The molecule has 0 saturated heterocycles. The summed E-state index contributed by atoms with van der Waals surface area (Å²) >= 11 is 1.27. The number of hydrogen-bond donors (Lipinski definition) is 2. The normalized spacial score (nSPS) is 14.3. The molecule has 1 aliphatic rings. The summed E-state index contributed by atoms with van der Waals surface area (Å²) in [5, 5.41) is 6.80. The number of hydrogen-bond acceptors (Lipinski definition) is 5. The summed E-state index contributed by atoms with van der Waals surface area (Å²) in [7, 11) is 0. The number of aromatic nitrogens is 1. The number of anilines is 1. The Balaban J connectivity index is 1.82. The summed E-state index contributed by atoms with van der Waals surface area (Å²) in [5.41, 5.74) is 1.39. The molecule has 1 aromatic heterocycles. The van der Waals surface area contributed by atoms with E-state index in [1.54, 1.807) is 0 Å². The summed E-state index contributed by atoms with van der Waals surface area (Å²) in [4.78, 5) is 22.9. The topological polar surface area (TPSA) is 71.1 Å². The van der Waals surface area contributed by atoms with Gasteiger partial charge in [-0.3, -0.25) is 9.59 Å². The Kier molecular flexibility index (Phi) is 3.96. The predicted octanol–water partition coefficient (Wildman–Crippen LogP) is 1.73. The van der Waals surface area contributed by atoms with Gasteiger partial charge in [0.15, 0.2) is 5.78 Å². The van der Waals surface area contributed by atoms with Crippen LogP contribution >= 0.6 is 11.5 Å². The lowest BCUT2D eigenvalue weighted by atomic mass is 10.2. The molecule has 0 radical (unpaired) electrons. The van der Waals surface area contributed by atoms with Gasteiger partial charge in [0.2, 0.25) is 5.91 Å². The number of nitrogens with one attached hydrogen (secondary N) is 2. The largest absolute Gasteiger partial charge is 0.375 e. The molecule has 1 aromatic rings. The highest BCUT2D eigenvalue weighted by Crippen LogP contribution is 2.24. The second-order valence-electron chi connectivity index (χ2n) is 4.55. The standard InChI is InChI=1S/C12H17N3O2S/c1-7-11(8(2)16)12(18-15-7)13-6-5-10(17)14-9-3-4-9/h9,13H,3-6H2,1-2H3,(H,14,17). The molecule has 1 saturated carbocycles. The van der Waals surface area contributed by atoms with E-state index >= 15 is 0 Å². The van der Waals surface area contributed by atoms with Crippen LogP contribution in [0.25, 0.3) is 0 Å². The fourth-order valence-corrected chi connectivity index (χ4v) is 2.59. The van der Waals surface area contributed by atoms with Crippen LogP contribution in [-0.2, 0) is 4.79 Å². The molecule has 6 heteroatoms. The van der Waals surface area contributed by atoms with Crippen LogP contribution in [-0.4, -0.2) is 28.7 Å². The van der Waals surface area contributed by atoms with Crippen LogP contribution < -0.4 is 10.6 Å². The highest BCUT2D eigenvalue weighted by molar-refractivity contribution is 7.10. The van der Waals surface area contributed by atoms with Crippen molar-refractivity contribution in [1.29, 1.82) is 0 Å². The van der Waals surface area contributed by atoms with Gasteiger partial charge in [-0.05, 0) is 38.2 Å². The van der Waals surface area contributed by atoms with E-state index in [-0.39, 0.29) is 11.7 Å². The van der Waals surface area contributed by atoms with Crippen molar-refractivity contribution in [2.75, 3.05) is 11.9 Å². The van der Waals surface area contributed by atoms with E-state index in [2.05, 4.69) is 15.0 Å². The summed E-state index contributed by atoms with van der Waals surface area (Å²) < 4.78 is 4.15. The van der Waals surface area contributed by atoms with E-state index in [9.17, 15) is 9.59 Å². The molecule has 1 fully saturated rings. The first-order valence-corrected chi connectivity index (χ1v) is 6.85. The quantitative estimate of drug-likeness (QED) is 0.770. The lowest BCUT2D eigenvalue weighted by Gasteiger charge is -2.06. The zero-order chi connectivity index (χ0) is 13.1. The highest BCUT2D eigenvalue weighted by Gasteiger charge is 2.23. The Morgan fingerprint density at radius 3 is 2.78 bits per heavy atom. The molecule has 0 aromatic carbocycles. The van der Waals surface area contributed by atoms with Gasteiger partial charge in [0.1, 0.15) is 5.00 Å². The Labute approximate surface area is 110 Å². The minimum absolute atomic E-state index is 0.00572. The van der Waals surface area contributed by atoms with E-state index < -0.39 is 0 Å². The Morgan fingerprint density at radius 1 is 1.44 bits per heavy atom. The molecule has 0 unspecified atom stereocenters. The first-order chi connectivity index (χ1) is 8.58. The molecule has 1 aliphatic carbocycles. The molecule has 0 spiro atoms. The monoisotopic (exact) mass is 267 g/mol. The van der Waals surface area contributed by atoms with Gasteiger partial charge in [0, 0.05) is 19.0 Å². The zero-order valence-corrected chi connectivity index (χ0v) is 11.4. The molecule has 2 rings (SSSR count). The van der Waals surface area contributed by atoms with Crippen molar-refractivity contribution in [2.24, 2.45) is 0 Å². The molecule has 18 heavy (non-hydrogen) atoms. The van der Waals surface area contributed by atoms with Gasteiger partial charge in [-0.25, -0.2) is 0 Å². The van der Waals surface area contributed by atoms with Crippen LogP contribution in [0, 0.1) is 6.92 Å². The van der Waals surface area contributed by atoms with E-state index in [1.807, 2.05) is 6.92 Å². The number of carbonyl (C=O) groups is 2. The van der Waals surface area contributed by atoms with Crippen molar-refractivity contribution in [3.8, 4) is 0 Å². The molecular formula is C12H17N3O2S. The second kappa shape index (κ2) is 5.48. The zero-order valence-electron chi connectivity index (χ0n) is 10.6. The minimum Gasteiger partial charge on any atom is -0.375 e. The minimum atomic E-state index is 0.00572. The van der Waals surface area contributed by atoms with Crippen molar-refractivity contribution < 1.29 is 9.59 Å². The molecule has 0 bridgehead atoms. The molecule has 1 heterocycles. The lowest BCUT2D eigenvalue weighted by Crippen LogP contribution is -2.27. The maximum absolute atomic E-state index is 11.5. The van der Waals surface area contributed by atoms with Crippen LogP contribution in [0.2, 0.25) is 0 Å². The summed E-state index contributed by atoms with van der Waals surface area (Å²) in [6, 6.07) is 0.399. The molecule has 0 atom stereocenters. The predicted molar refractivity (Wildman–Crippen MR) is 71.1 cm³/mol. The van der Waals surface area contributed by atoms with E-state index in [1.165, 1.54) is 18.5 Å². The van der Waals surface area contributed by atoms with Gasteiger partial charge >= 0.3 is 0 Å². The average Bonchev–Trinajstić information content (AvgIpc) is 3.01. The third kappa shape index (κ3) is 3.29. The Bertz CT molecular complexity index is 466. The van der Waals surface area contributed by atoms with Crippen molar-refractivity contribution >= 4 is 28.2 Å². The molecule has 0 aliphatic heterocycles. The Hall–Kier alpha value is -1.43. The van der Waals surface area contributed by atoms with Gasteiger partial charge in [-0.2, -0.15) is 4.37 Å². The van der Waals surface area contributed by atoms with Gasteiger partial charge in [0.05, 0.1) is 11.3 Å². The van der Waals surface area contributed by atoms with E-state index in [0.29, 0.717) is 24.6 Å². The number of Topliss-reactive ketones (excluding diaryl/α,β-unsaturated/α-hetero) is 1. The third-order valence-corrected chi connectivity index (χ3v) is 3.69. The molecule has 98 valence electrons. The maximum atomic E-state index is 11.5. The molecule has 5 nitrogen and oxygen atoms in total. The van der Waals surface area contributed by atoms with Gasteiger partial charge in [-0.15, -0.1) is 0 Å². The first-order valence-electron chi connectivity index (χ1n) is 6.08. The van der Waals surface area contributed by atoms with Crippen molar-refractivity contribution in [3.63, 3.8) is 0 Å². The van der Waals surface area contributed by atoms with Crippen molar-refractivity contribution in [2.45, 2.75) is 39.2 Å². The number of ketones is 1. The number of aryl methyl sites for hydroxylation is 1. The highest BCUT2D eigenvalue weighted by atomic mass is 32.1. The average molecular weight is 267 g/mol. The van der Waals surface area contributed by atoms with Crippen LogP contribution in [0.3, 0.4) is 0 Å². The van der Waals surface area contributed by atoms with Gasteiger partial charge in [-0.1, -0.05) is 0 Å². The molecule has 2 N–H and O–H groups in total. The third-order valence-electron chi connectivity index (χ3n) is 2.79. The fourth-order valence-electron chi connectivity index (χ4n) is 1.72. The van der Waals surface area contributed by atoms with Crippen LogP contribution in [0.5, 0.6) is 0 Å². The van der Waals surface area contributed by atoms with Crippen LogP contribution in [0.1, 0.15) is 42.2 Å². The second-order valence-corrected chi connectivity index (χ2v) is 5.32. The maximum Gasteiger partial charge on any atom is 0.221 e. The van der Waals surface area contributed by atoms with E-state index in [4.69, 9.17) is 0 Å². The lowest BCUT2D eigenvalue weighted by molar-refractivity contribution is -0.120. The number of carbonyl (C=O) groups excluding carboxylic acids is 2. The number of nitrogens with zero attached hydrogens (tertiary/aromatic N) is 1. The van der Waals surface area contributed by atoms with E-state index in [0.717, 1.165) is 23.5 Å². The number of rotatable bonds is 6. The first kappa shape index (κ1) is 13.0. The van der Waals surface area contributed by atoms with Gasteiger partial charge in [0.25, 0.3) is 0 Å². The fraction of sp³-hybridized carbons (Fsp3) is 0.583. The summed E-state index contributed by atoms with van der Waals surface area (Å²) in [6.07, 6.45) is 2.62. The summed E-state index contributed by atoms with van der Waals surface area (Å²) in [5.74, 6) is 0.0711. The molecule has 1 amide bonds. The van der Waals surface area contributed by atoms with Crippen LogP contribution in [0.4, 0.5) is 5.00 Å². The summed E-state index contributed by atoms with van der Waals surface area (Å²) in [6.45, 7) is 3.88.